The van der Waals surface area contributed by atoms with Gasteiger partial charge in [0.1, 0.15) is 17.7 Å². The molecule has 3 aromatic rings. The molecule has 0 aliphatic carbocycles. The number of nitrogens with zero attached hydrogens (tertiary/aromatic N) is 3. The topological polar surface area (TPSA) is 118 Å². The molecule has 3 rings (SSSR count). The molecule has 3 N–H and O–H groups in total. The first-order valence-electron chi connectivity index (χ1n) is 10.7. The SMILES string of the molecule is CCc1ccncc1-c1cc(NC(=O)OC(C)(C)C)c2nnc(NC(=O)NCC(F)(F)F)cc2c1. The third kappa shape index (κ3) is 7.26. The molecule has 12 heteroatoms. The first-order chi connectivity index (χ1) is 16.3. The van der Waals surface area contributed by atoms with Gasteiger partial charge in [-0.1, -0.05) is 6.92 Å². The van der Waals surface area contributed by atoms with E-state index in [1.807, 2.05) is 13.0 Å². The molecular formula is C23H25F3N6O3. The van der Waals surface area contributed by atoms with E-state index in [0.29, 0.717) is 22.2 Å². The molecule has 0 aliphatic heterocycles. The molecule has 0 fully saturated rings. The second-order valence-electron chi connectivity index (χ2n) is 8.63. The van der Waals surface area contributed by atoms with Gasteiger partial charge in [0.05, 0.1) is 5.69 Å². The zero-order valence-electron chi connectivity index (χ0n) is 19.6. The van der Waals surface area contributed by atoms with Crippen molar-refractivity contribution in [1.82, 2.24) is 20.5 Å². The molecule has 0 radical (unpaired) electrons. The van der Waals surface area contributed by atoms with Gasteiger partial charge >= 0.3 is 18.3 Å². The highest BCUT2D eigenvalue weighted by Gasteiger charge is 2.27. The Labute approximate surface area is 199 Å². The lowest BCUT2D eigenvalue weighted by Crippen LogP contribution is -2.36. The van der Waals surface area contributed by atoms with Crippen molar-refractivity contribution in [2.45, 2.75) is 45.9 Å². The first-order valence-corrected chi connectivity index (χ1v) is 10.7. The monoisotopic (exact) mass is 490 g/mol. The van der Waals surface area contributed by atoms with Gasteiger partial charge in [-0.3, -0.25) is 15.6 Å². The molecule has 2 heterocycles. The number of anilines is 2. The minimum atomic E-state index is -4.55. The Morgan fingerprint density at radius 2 is 1.80 bits per heavy atom. The van der Waals surface area contributed by atoms with Gasteiger partial charge in [-0.25, -0.2) is 9.59 Å². The minimum Gasteiger partial charge on any atom is -0.444 e. The average Bonchev–Trinajstić information content (AvgIpc) is 2.75. The van der Waals surface area contributed by atoms with Gasteiger partial charge in [-0.15, -0.1) is 10.2 Å². The Hall–Kier alpha value is -3.96. The number of carbonyl (C=O) groups excluding carboxylic acids is 2. The molecule has 2 aromatic heterocycles. The second kappa shape index (κ2) is 10.1. The summed E-state index contributed by atoms with van der Waals surface area (Å²) in [5, 5.41) is 15.0. The van der Waals surface area contributed by atoms with Gasteiger partial charge in [0.25, 0.3) is 0 Å². The van der Waals surface area contributed by atoms with Crippen LogP contribution >= 0.6 is 0 Å². The molecule has 0 saturated heterocycles. The summed E-state index contributed by atoms with van der Waals surface area (Å²) in [7, 11) is 0. The Morgan fingerprint density at radius 3 is 2.46 bits per heavy atom. The van der Waals surface area contributed by atoms with Crippen molar-refractivity contribution in [3.05, 3.63) is 42.2 Å². The maximum Gasteiger partial charge on any atom is 0.412 e. The van der Waals surface area contributed by atoms with Crippen molar-refractivity contribution in [3.63, 3.8) is 0 Å². The van der Waals surface area contributed by atoms with Crippen LogP contribution < -0.4 is 16.0 Å². The number of urea groups is 1. The van der Waals surface area contributed by atoms with Crippen LogP contribution in [0.3, 0.4) is 0 Å². The number of ether oxygens (including phenoxy) is 1. The molecule has 3 amide bonds. The zero-order valence-corrected chi connectivity index (χ0v) is 19.6. The summed E-state index contributed by atoms with van der Waals surface area (Å²) < 4.78 is 42.4. The number of halogens is 3. The first kappa shape index (κ1) is 25.7. The largest absolute Gasteiger partial charge is 0.444 e. The van der Waals surface area contributed by atoms with E-state index < -0.39 is 30.4 Å². The van der Waals surface area contributed by atoms with E-state index in [2.05, 4.69) is 25.8 Å². The van der Waals surface area contributed by atoms with Crippen molar-refractivity contribution in [3.8, 4) is 11.1 Å². The minimum absolute atomic E-state index is 0.0700. The summed E-state index contributed by atoms with van der Waals surface area (Å²) in [4.78, 5) is 28.5. The fraction of sp³-hybridized carbons (Fsp3) is 0.348. The summed E-state index contributed by atoms with van der Waals surface area (Å²) in [5.41, 5.74) is 2.39. The number of alkyl halides is 3. The molecule has 0 bridgehead atoms. The molecule has 0 saturated carbocycles. The van der Waals surface area contributed by atoms with Gasteiger partial charge in [-0.05, 0) is 62.6 Å². The molecule has 0 atom stereocenters. The van der Waals surface area contributed by atoms with Crippen LogP contribution in [-0.2, 0) is 11.2 Å². The van der Waals surface area contributed by atoms with E-state index in [4.69, 9.17) is 4.74 Å². The highest BCUT2D eigenvalue weighted by Crippen LogP contribution is 2.32. The Morgan fingerprint density at radius 1 is 1.06 bits per heavy atom. The Bertz CT molecular complexity index is 1240. The maximum absolute atomic E-state index is 12.5. The van der Waals surface area contributed by atoms with Crippen LogP contribution in [0.15, 0.2) is 36.7 Å². The second-order valence-corrected chi connectivity index (χ2v) is 8.63. The lowest BCUT2D eigenvalue weighted by molar-refractivity contribution is -0.122. The number of pyridine rings is 1. The predicted octanol–water partition coefficient (Wildman–Crippen LogP) is 5.29. The van der Waals surface area contributed by atoms with Crippen LogP contribution in [0, 0.1) is 0 Å². The zero-order chi connectivity index (χ0) is 25.8. The third-order valence-electron chi connectivity index (χ3n) is 4.62. The molecule has 0 aliphatic rings. The van der Waals surface area contributed by atoms with Crippen LogP contribution in [0.5, 0.6) is 0 Å². The van der Waals surface area contributed by atoms with Crippen LogP contribution in [0.1, 0.15) is 33.3 Å². The normalized spacial score (nSPS) is 11.7. The van der Waals surface area contributed by atoms with Crippen molar-refractivity contribution in [2.24, 2.45) is 0 Å². The van der Waals surface area contributed by atoms with E-state index in [0.717, 1.165) is 17.5 Å². The van der Waals surface area contributed by atoms with Crippen molar-refractivity contribution in [1.29, 1.82) is 0 Å². The summed E-state index contributed by atoms with van der Waals surface area (Å²) in [6, 6.07) is 5.71. The van der Waals surface area contributed by atoms with E-state index in [9.17, 15) is 22.8 Å². The van der Waals surface area contributed by atoms with Crippen molar-refractivity contribution < 1.29 is 27.5 Å². The van der Waals surface area contributed by atoms with Crippen LogP contribution in [0.25, 0.3) is 22.0 Å². The molecule has 35 heavy (non-hydrogen) atoms. The Kier molecular flexibility index (Phi) is 7.42. The molecule has 1 aromatic carbocycles. The fourth-order valence-corrected chi connectivity index (χ4v) is 3.22. The molecule has 186 valence electrons. The number of rotatable bonds is 5. The van der Waals surface area contributed by atoms with Crippen molar-refractivity contribution in [2.75, 3.05) is 17.2 Å². The van der Waals surface area contributed by atoms with Crippen LogP contribution in [-0.4, -0.2) is 45.6 Å². The van der Waals surface area contributed by atoms with Gasteiger partial charge in [-0.2, -0.15) is 13.2 Å². The maximum atomic E-state index is 12.5. The predicted molar refractivity (Wildman–Crippen MR) is 125 cm³/mol. The summed E-state index contributed by atoms with van der Waals surface area (Å²) in [6.07, 6.45) is -1.16. The number of nitrogens with one attached hydrogen (secondary N) is 3. The number of hydrogen-bond acceptors (Lipinski definition) is 6. The smallest absolute Gasteiger partial charge is 0.412 e. The summed E-state index contributed by atoms with van der Waals surface area (Å²) in [6.45, 7) is 5.69. The number of fused-ring (bicyclic) bond motifs is 1. The van der Waals surface area contributed by atoms with E-state index in [1.165, 1.54) is 6.07 Å². The summed E-state index contributed by atoms with van der Waals surface area (Å²) in [5.74, 6) is -0.0700. The molecular weight excluding hydrogens is 465 g/mol. The van der Waals surface area contributed by atoms with Gasteiger partial charge in [0.15, 0.2) is 5.82 Å². The molecule has 0 unspecified atom stereocenters. The lowest BCUT2D eigenvalue weighted by Gasteiger charge is -2.20. The van der Waals surface area contributed by atoms with E-state index >= 15 is 0 Å². The van der Waals surface area contributed by atoms with Gasteiger partial charge < -0.3 is 10.1 Å². The van der Waals surface area contributed by atoms with E-state index in [-0.39, 0.29) is 5.82 Å². The number of benzene rings is 1. The number of aryl methyl sites for hydroxylation is 1. The van der Waals surface area contributed by atoms with Gasteiger partial charge in [0, 0.05) is 23.3 Å². The van der Waals surface area contributed by atoms with Crippen molar-refractivity contribution >= 4 is 34.5 Å². The highest BCUT2D eigenvalue weighted by atomic mass is 19.4. The van der Waals surface area contributed by atoms with Gasteiger partial charge in [0.2, 0.25) is 0 Å². The number of hydrogen-bond donors (Lipinski definition) is 3. The fourth-order valence-electron chi connectivity index (χ4n) is 3.22. The number of carbonyl (C=O) groups is 2. The quantitative estimate of drug-likeness (QED) is 0.448. The standard InChI is InChI=1S/C23H25F3N6O3/c1-5-13-6-7-27-11-16(13)14-8-15-10-18(30-20(33)28-12-23(24,25)26)31-32-19(15)17(9-14)29-21(34)35-22(2,3)4/h6-11H,5,12H2,1-4H3,(H,29,34)(H2,28,30,31,33). The molecule has 9 nitrogen and oxygen atoms in total. The number of aromatic nitrogens is 3. The lowest BCUT2D eigenvalue weighted by atomic mass is 9.98. The Balaban J connectivity index is 2.02. The number of amides is 3. The van der Waals surface area contributed by atoms with Crippen LogP contribution in [0.4, 0.5) is 34.3 Å². The van der Waals surface area contributed by atoms with Crippen LogP contribution in [0.2, 0.25) is 0 Å². The highest BCUT2D eigenvalue weighted by molar-refractivity contribution is 6.02. The molecule has 0 spiro atoms. The summed E-state index contributed by atoms with van der Waals surface area (Å²) >= 11 is 0. The van der Waals surface area contributed by atoms with E-state index in [1.54, 1.807) is 50.6 Å². The third-order valence-corrected chi connectivity index (χ3v) is 4.62. The average molecular weight is 490 g/mol.